The van der Waals surface area contributed by atoms with Crippen molar-refractivity contribution in [3.63, 3.8) is 0 Å². The second kappa shape index (κ2) is 4.34. The molecule has 1 aliphatic carbocycles. The van der Waals surface area contributed by atoms with Crippen LogP contribution in [0, 0.1) is 0 Å². The molecule has 0 saturated heterocycles. The second-order valence-electron chi connectivity index (χ2n) is 3.93. The van der Waals surface area contributed by atoms with Gasteiger partial charge in [-0.05, 0) is 12.8 Å². The van der Waals surface area contributed by atoms with E-state index in [9.17, 15) is 9.59 Å². The van der Waals surface area contributed by atoms with Crippen molar-refractivity contribution in [3.05, 3.63) is 22.0 Å². The molecule has 0 aliphatic heterocycles. The number of anilines is 1. The van der Waals surface area contributed by atoms with Gasteiger partial charge < -0.3 is 10.4 Å². The van der Waals surface area contributed by atoms with Crippen molar-refractivity contribution in [1.29, 1.82) is 0 Å². The van der Waals surface area contributed by atoms with Crippen LogP contribution >= 0.6 is 0 Å². The topological polar surface area (TPSA) is 95.1 Å². The molecule has 1 aliphatic rings. The first-order chi connectivity index (χ1) is 7.66. The molecule has 0 aromatic carbocycles. The summed E-state index contributed by atoms with van der Waals surface area (Å²) < 4.78 is 0. The zero-order chi connectivity index (χ0) is 11.5. The molecule has 0 unspecified atom stereocenters. The number of H-pyrrole nitrogens is 1. The lowest BCUT2D eigenvalue weighted by Gasteiger charge is -2.13. The van der Waals surface area contributed by atoms with Gasteiger partial charge in [0.1, 0.15) is 5.56 Å². The van der Waals surface area contributed by atoms with Crippen LogP contribution in [0.1, 0.15) is 36.0 Å². The van der Waals surface area contributed by atoms with E-state index in [0.29, 0.717) is 0 Å². The molecule has 0 atom stereocenters. The van der Waals surface area contributed by atoms with Gasteiger partial charge in [-0.15, -0.1) is 0 Å². The first kappa shape index (κ1) is 10.7. The van der Waals surface area contributed by atoms with E-state index in [-0.39, 0.29) is 17.4 Å². The van der Waals surface area contributed by atoms with Gasteiger partial charge in [0.15, 0.2) is 5.82 Å². The first-order valence-electron chi connectivity index (χ1n) is 5.26. The normalized spacial score (nSPS) is 16.2. The highest BCUT2D eigenvalue weighted by molar-refractivity contribution is 5.92. The van der Waals surface area contributed by atoms with Crippen LogP contribution in [-0.4, -0.2) is 27.3 Å². The number of carboxylic acids is 1. The number of rotatable bonds is 3. The van der Waals surface area contributed by atoms with Gasteiger partial charge in [0.25, 0.3) is 5.56 Å². The van der Waals surface area contributed by atoms with Crippen molar-refractivity contribution in [2.45, 2.75) is 31.7 Å². The third kappa shape index (κ3) is 2.21. The Hall–Kier alpha value is -1.85. The number of nitrogens with one attached hydrogen (secondary N) is 2. The van der Waals surface area contributed by atoms with Crippen molar-refractivity contribution < 1.29 is 9.90 Å². The molecule has 16 heavy (non-hydrogen) atoms. The molecule has 3 N–H and O–H groups in total. The van der Waals surface area contributed by atoms with E-state index < -0.39 is 11.5 Å². The van der Waals surface area contributed by atoms with Gasteiger partial charge in [0.05, 0.1) is 0 Å². The van der Waals surface area contributed by atoms with Crippen molar-refractivity contribution in [2.75, 3.05) is 5.32 Å². The molecule has 6 heteroatoms. The van der Waals surface area contributed by atoms with Crippen molar-refractivity contribution in [1.82, 2.24) is 10.2 Å². The van der Waals surface area contributed by atoms with Gasteiger partial charge in [0, 0.05) is 12.1 Å². The van der Waals surface area contributed by atoms with Crippen molar-refractivity contribution in [2.24, 2.45) is 0 Å². The Bertz CT molecular complexity index is 449. The standard InChI is InChI=1S/C10H13N3O3/c14-8-5-7(10(15)16)9(13-12-8)11-6-3-1-2-4-6/h5-6H,1-4H2,(H,11,13)(H,12,14)(H,15,16). The molecule has 86 valence electrons. The number of aromatic carboxylic acids is 1. The lowest BCUT2D eigenvalue weighted by atomic mass is 10.2. The smallest absolute Gasteiger partial charge is 0.339 e. The van der Waals surface area contributed by atoms with Crippen LogP contribution in [0.5, 0.6) is 0 Å². The van der Waals surface area contributed by atoms with E-state index in [1.165, 1.54) is 0 Å². The number of aromatic amines is 1. The Morgan fingerprint density at radius 2 is 2.19 bits per heavy atom. The fourth-order valence-corrected chi connectivity index (χ4v) is 1.94. The van der Waals surface area contributed by atoms with Gasteiger partial charge in [-0.1, -0.05) is 12.8 Å². The van der Waals surface area contributed by atoms with Crippen molar-refractivity contribution in [3.8, 4) is 0 Å². The highest BCUT2D eigenvalue weighted by Crippen LogP contribution is 2.22. The van der Waals surface area contributed by atoms with Crippen molar-refractivity contribution >= 4 is 11.8 Å². The molecular formula is C10H13N3O3. The molecule has 1 heterocycles. The molecular weight excluding hydrogens is 210 g/mol. The third-order valence-corrected chi connectivity index (χ3v) is 2.73. The molecule has 0 bridgehead atoms. The summed E-state index contributed by atoms with van der Waals surface area (Å²) in [7, 11) is 0. The highest BCUT2D eigenvalue weighted by Gasteiger charge is 2.19. The summed E-state index contributed by atoms with van der Waals surface area (Å²) in [6.07, 6.45) is 4.31. The molecule has 1 fully saturated rings. The van der Waals surface area contributed by atoms with Crippen LogP contribution in [0.4, 0.5) is 5.82 Å². The summed E-state index contributed by atoms with van der Waals surface area (Å²) in [5.41, 5.74) is -0.579. The lowest BCUT2D eigenvalue weighted by molar-refractivity contribution is 0.0697. The second-order valence-corrected chi connectivity index (χ2v) is 3.93. The summed E-state index contributed by atoms with van der Waals surface area (Å²) in [6.45, 7) is 0. The van der Waals surface area contributed by atoms with Crippen LogP contribution in [0.15, 0.2) is 10.9 Å². The number of nitrogens with zero attached hydrogens (tertiary/aromatic N) is 1. The highest BCUT2D eigenvalue weighted by atomic mass is 16.4. The Kier molecular flexibility index (Phi) is 2.89. The van der Waals surface area contributed by atoms with Crippen LogP contribution in [0.3, 0.4) is 0 Å². The van der Waals surface area contributed by atoms with E-state index in [4.69, 9.17) is 5.11 Å². The minimum atomic E-state index is -1.14. The third-order valence-electron chi connectivity index (χ3n) is 2.73. The Balaban J connectivity index is 2.25. The molecule has 0 amide bonds. The van der Waals surface area contributed by atoms with E-state index in [0.717, 1.165) is 31.7 Å². The Morgan fingerprint density at radius 1 is 1.50 bits per heavy atom. The number of aromatic nitrogens is 2. The predicted molar refractivity (Wildman–Crippen MR) is 57.7 cm³/mol. The molecule has 1 saturated carbocycles. The first-order valence-corrected chi connectivity index (χ1v) is 5.26. The minimum absolute atomic E-state index is 0.0735. The summed E-state index contributed by atoms with van der Waals surface area (Å²) in [4.78, 5) is 21.9. The maximum Gasteiger partial charge on any atom is 0.339 e. The molecule has 0 radical (unpaired) electrons. The molecule has 2 rings (SSSR count). The zero-order valence-corrected chi connectivity index (χ0v) is 8.69. The van der Waals surface area contributed by atoms with Crippen LogP contribution in [0.25, 0.3) is 0 Å². The van der Waals surface area contributed by atoms with E-state index in [1.807, 2.05) is 0 Å². The van der Waals surface area contributed by atoms with Gasteiger partial charge in [-0.25, -0.2) is 9.89 Å². The number of carboxylic acid groups (broad SMARTS) is 1. The Labute approximate surface area is 91.7 Å². The summed E-state index contributed by atoms with van der Waals surface area (Å²) in [5, 5.41) is 18.0. The molecule has 0 spiro atoms. The summed E-state index contributed by atoms with van der Waals surface area (Å²) in [6, 6.07) is 1.31. The number of carbonyl (C=O) groups is 1. The fraction of sp³-hybridized carbons (Fsp3) is 0.500. The monoisotopic (exact) mass is 223 g/mol. The summed E-state index contributed by atoms with van der Waals surface area (Å²) in [5.74, 6) is -0.891. The molecule has 1 aromatic rings. The number of hydrogen-bond donors (Lipinski definition) is 3. The zero-order valence-electron chi connectivity index (χ0n) is 8.69. The van der Waals surface area contributed by atoms with Gasteiger partial charge in [-0.3, -0.25) is 4.79 Å². The molecule has 6 nitrogen and oxygen atoms in total. The molecule has 1 aromatic heterocycles. The quantitative estimate of drug-likeness (QED) is 0.705. The summed E-state index contributed by atoms with van der Waals surface area (Å²) >= 11 is 0. The van der Waals surface area contributed by atoms with Crippen LogP contribution in [0.2, 0.25) is 0 Å². The van der Waals surface area contributed by atoms with E-state index >= 15 is 0 Å². The fourth-order valence-electron chi connectivity index (χ4n) is 1.94. The minimum Gasteiger partial charge on any atom is -0.478 e. The maximum absolute atomic E-state index is 11.0. The van der Waals surface area contributed by atoms with Crippen LogP contribution in [-0.2, 0) is 0 Å². The maximum atomic E-state index is 11.0. The van der Waals surface area contributed by atoms with Gasteiger partial charge in [0.2, 0.25) is 0 Å². The average Bonchev–Trinajstić information content (AvgIpc) is 2.73. The van der Waals surface area contributed by atoms with E-state index in [1.54, 1.807) is 0 Å². The lowest BCUT2D eigenvalue weighted by Crippen LogP contribution is -2.21. The average molecular weight is 223 g/mol. The van der Waals surface area contributed by atoms with E-state index in [2.05, 4.69) is 15.5 Å². The van der Waals surface area contributed by atoms with Gasteiger partial charge >= 0.3 is 5.97 Å². The SMILES string of the molecule is O=C(O)c1cc(=O)[nH]nc1NC1CCCC1. The van der Waals surface area contributed by atoms with Crippen LogP contribution < -0.4 is 10.9 Å². The predicted octanol–water partition coefficient (Wildman–Crippen LogP) is 0.823. The number of hydrogen-bond acceptors (Lipinski definition) is 4. The Morgan fingerprint density at radius 3 is 2.81 bits per heavy atom. The largest absolute Gasteiger partial charge is 0.478 e. The van der Waals surface area contributed by atoms with Gasteiger partial charge in [-0.2, -0.15) is 5.10 Å².